The van der Waals surface area contributed by atoms with Crippen LogP contribution < -0.4 is 15.6 Å². The number of thioether (sulfide) groups is 1. The summed E-state index contributed by atoms with van der Waals surface area (Å²) in [5.41, 5.74) is 4.37. The first-order chi connectivity index (χ1) is 14.7. The summed E-state index contributed by atoms with van der Waals surface area (Å²) in [6.07, 6.45) is -0.286. The molecule has 5 rings (SSSR count). The Balaban J connectivity index is 1.61. The SMILES string of the molecule is O=c1[nH]c(SCc2ccccc2)n[n+]2c1-c1ccccc1N[C@@H]2c1cccc(Br)c1. The van der Waals surface area contributed by atoms with E-state index in [9.17, 15) is 4.79 Å². The Kier molecular flexibility index (Phi) is 5.14. The number of nitrogens with one attached hydrogen (secondary N) is 2. The number of aromatic nitrogens is 3. The van der Waals surface area contributed by atoms with Crippen LogP contribution in [0.1, 0.15) is 17.3 Å². The number of aromatic amines is 1. The Bertz CT molecular complexity index is 1280. The molecule has 0 spiro atoms. The Morgan fingerprint density at radius 1 is 1.00 bits per heavy atom. The molecule has 0 bridgehead atoms. The molecule has 2 N–H and O–H groups in total. The monoisotopic (exact) mass is 477 g/mol. The molecule has 0 unspecified atom stereocenters. The number of hydrogen-bond acceptors (Lipinski definition) is 4. The third-order valence-corrected chi connectivity index (χ3v) is 6.39. The molecule has 0 fully saturated rings. The summed E-state index contributed by atoms with van der Waals surface area (Å²) in [7, 11) is 0. The summed E-state index contributed by atoms with van der Waals surface area (Å²) in [5.74, 6) is 0.731. The Morgan fingerprint density at radius 2 is 1.80 bits per heavy atom. The van der Waals surface area contributed by atoms with Crippen molar-refractivity contribution in [2.45, 2.75) is 17.1 Å². The predicted octanol–water partition coefficient (Wildman–Crippen LogP) is 4.75. The van der Waals surface area contributed by atoms with Crippen LogP contribution in [-0.4, -0.2) is 10.1 Å². The van der Waals surface area contributed by atoms with Crippen molar-refractivity contribution in [2.24, 2.45) is 0 Å². The lowest BCUT2D eigenvalue weighted by molar-refractivity contribution is -0.759. The quantitative estimate of drug-likeness (QED) is 0.328. The van der Waals surface area contributed by atoms with E-state index in [-0.39, 0.29) is 11.7 Å². The fourth-order valence-corrected chi connectivity index (χ4v) is 4.81. The summed E-state index contributed by atoms with van der Waals surface area (Å²) in [4.78, 5) is 16.1. The molecule has 30 heavy (non-hydrogen) atoms. The molecular formula is C23H18BrN4OS+. The topological polar surface area (TPSA) is 61.7 Å². The number of para-hydroxylation sites is 1. The van der Waals surface area contributed by atoms with E-state index in [4.69, 9.17) is 5.10 Å². The summed E-state index contributed by atoms with van der Waals surface area (Å²) in [6.45, 7) is 0. The number of anilines is 1. The van der Waals surface area contributed by atoms with Gasteiger partial charge in [-0.15, -0.1) is 0 Å². The Morgan fingerprint density at radius 3 is 2.63 bits per heavy atom. The highest BCUT2D eigenvalue weighted by atomic mass is 79.9. The second kappa shape index (κ2) is 8.08. The molecule has 1 aromatic heterocycles. The average Bonchev–Trinajstić information content (AvgIpc) is 2.77. The molecule has 3 aromatic carbocycles. The highest BCUT2D eigenvalue weighted by molar-refractivity contribution is 9.10. The molecule has 5 nitrogen and oxygen atoms in total. The second-order valence-corrected chi connectivity index (χ2v) is 8.85. The zero-order chi connectivity index (χ0) is 20.5. The van der Waals surface area contributed by atoms with Crippen LogP contribution >= 0.6 is 27.7 Å². The van der Waals surface area contributed by atoms with Gasteiger partial charge in [-0.05, 0) is 34.5 Å². The lowest BCUT2D eigenvalue weighted by Gasteiger charge is -2.22. The molecule has 4 aromatic rings. The maximum Gasteiger partial charge on any atom is 0.325 e. The van der Waals surface area contributed by atoms with Gasteiger partial charge in [0.15, 0.2) is 0 Å². The Labute approximate surface area is 186 Å². The number of benzene rings is 3. The van der Waals surface area contributed by atoms with Gasteiger partial charge in [0.05, 0.1) is 11.3 Å². The van der Waals surface area contributed by atoms with Gasteiger partial charge in [-0.2, -0.15) is 0 Å². The molecule has 0 amide bonds. The van der Waals surface area contributed by atoms with Gasteiger partial charge >= 0.3 is 11.3 Å². The van der Waals surface area contributed by atoms with E-state index in [1.807, 2.05) is 66.7 Å². The largest absolute Gasteiger partial charge is 0.325 e. The van der Waals surface area contributed by atoms with Gasteiger partial charge in [0, 0.05) is 20.9 Å². The molecule has 0 radical (unpaired) electrons. The molecule has 0 saturated heterocycles. The maximum absolute atomic E-state index is 13.1. The van der Waals surface area contributed by atoms with Crippen LogP contribution in [0.25, 0.3) is 11.3 Å². The van der Waals surface area contributed by atoms with Gasteiger partial charge < -0.3 is 5.32 Å². The normalized spacial score (nSPS) is 14.5. The van der Waals surface area contributed by atoms with E-state index in [2.05, 4.69) is 38.4 Å². The first kappa shape index (κ1) is 19.1. The van der Waals surface area contributed by atoms with Crippen LogP contribution in [0.3, 0.4) is 0 Å². The van der Waals surface area contributed by atoms with Gasteiger partial charge in [-0.25, -0.2) is 0 Å². The standard InChI is InChI=1S/C23H17BrN4OS/c24-17-10-6-9-16(13-17)21-25-19-12-5-4-11-18(19)20-22(29)26-23(27-28(20)21)30-14-15-7-2-1-3-8-15/h1-13,21H,14H2,(H,26,27,29)/p+1/t21-/m0/s1. The molecule has 148 valence electrons. The summed E-state index contributed by atoms with van der Waals surface area (Å²) in [6, 6.07) is 26.0. The van der Waals surface area contributed by atoms with Crippen LogP contribution in [0.2, 0.25) is 0 Å². The molecule has 0 saturated carbocycles. The highest BCUT2D eigenvalue weighted by Crippen LogP contribution is 2.32. The minimum Gasteiger partial charge on any atom is -0.321 e. The molecule has 7 heteroatoms. The number of halogens is 1. The average molecular weight is 478 g/mol. The van der Waals surface area contributed by atoms with E-state index in [0.29, 0.717) is 10.9 Å². The van der Waals surface area contributed by atoms with E-state index in [1.165, 1.54) is 17.3 Å². The van der Waals surface area contributed by atoms with Crippen molar-refractivity contribution in [1.82, 2.24) is 10.1 Å². The van der Waals surface area contributed by atoms with Crippen LogP contribution in [0.15, 0.2) is 93.3 Å². The van der Waals surface area contributed by atoms with Crippen LogP contribution in [0.5, 0.6) is 0 Å². The zero-order valence-corrected chi connectivity index (χ0v) is 18.3. The number of H-pyrrole nitrogens is 1. The predicted molar refractivity (Wildman–Crippen MR) is 122 cm³/mol. The molecular weight excluding hydrogens is 460 g/mol. The van der Waals surface area contributed by atoms with Gasteiger partial charge in [-0.3, -0.25) is 9.78 Å². The maximum atomic E-state index is 13.1. The van der Waals surface area contributed by atoms with Gasteiger partial charge in [-0.1, -0.05) is 82.3 Å². The van der Waals surface area contributed by atoms with Crippen molar-refractivity contribution in [3.05, 3.63) is 105 Å². The Hall–Kier alpha value is -2.90. The fraction of sp³-hybridized carbons (Fsp3) is 0.0870. The van der Waals surface area contributed by atoms with E-state index in [0.717, 1.165) is 27.0 Å². The fourth-order valence-electron chi connectivity index (χ4n) is 3.58. The number of nitrogens with zero attached hydrogens (tertiary/aromatic N) is 2. The zero-order valence-electron chi connectivity index (χ0n) is 15.9. The smallest absolute Gasteiger partial charge is 0.321 e. The van der Waals surface area contributed by atoms with Gasteiger partial charge in [0.2, 0.25) is 5.16 Å². The van der Waals surface area contributed by atoms with E-state index in [1.54, 1.807) is 4.68 Å². The summed E-state index contributed by atoms with van der Waals surface area (Å²) < 4.78 is 2.78. The number of hydrogen-bond donors (Lipinski definition) is 2. The van der Waals surface area contributed by atoms with E-state index >= 15 is 0 Å². The van der Waals surface area contributed by atoms with Crippen LogP contribution in [-0.2, 0) is 5.75 Å². The minimum atomic E-state index is -0.286. The minimum absolute atomic E-state index is 0.144. The summed E-state index contributed by atoms with van der Waals surface area (Å²) >= 11 is 5.07. The van der Waals surface area contributed by atoms with Gasteiger partial charge in [0.25, 0.3) is 6.17 Å². The van der Waals surface area contributed by atoms with Gasteiger partial charge in [0.1, 0.15) is 0 Å². The lowest BCUT2D eigenvalue weighted by Crippen LogP contribution is -2.55. The molecule has 1 aliphatic heterocycles. The summed E-state index contributed by atoms with van der Waals surface area (Å²) in [5, 5.41) is 8.96. The third-order valence-electron chi connectivity index (χ3n) is 4.96. The third kappa shape index (κ3) is 3.66. The molecule has 1 aliphatic rings. The molecule has 2 heterocycles. The number of rotatable bonds is 4. The lowest BCUT2D eigenvalue weighted by atomic mass is 10.0. The van der Waals surface area contributed by atoms with E-state index < -0.39 is 0 Å². The second-order valence-electron chi connectivity index (χ2n) is 6.97. The molecule has 1 atom stereocenters. The number of fused-ring (bicyclic) bond motifs is 3. The first-order valence-electron chi connectivity index (χ1n) is 9.53. The molecule has 0 aliphatic carbocycles. The van der Waals surface area contributed by atoms with Crippen molar-refractivity contribution in [3.8, 4) is 11.3 Å². The van der Waals surface area contributed by atoms with Crippen molar-refractivity contribution >= 4 is 33.4 Å². The van der Waals surface area contributed by atoms with Crippen molar-refractivity contribution in [2.75, 3.05) is 5.32 Å². The van der Waals surface area contributed by atoms with Crippen molar-refractivity contribution < 1.29 is 4.68 Å². The van der Waals surface area contributed by atoms with Crippen molar-refractivity contribution in [3.63, 3.8) is 0 Å². The first-order valence-corrected chi connectivity index (χ1v) is 11.3. The van der Waals surface area contributed by atoms with Crippen LogP contribution in [0.4, 0.5) is 5.69 Å². The van der Waals surface area contributed by atoms with Crippen molar-refractivity contribution in [1.29, 1.82) is 0 Å². The van der Waals surface area contributed by atoms with Crippen LogP contribution in [0, 0.1) is 0 Å². The highest BCUT2D eigenvalue weighted by Gasteiger charge is 2.37.